The third-order valence-electron chi connectivity index (χ3n) is 4.47. The van der Waals surface area contributed by atoms with E-state index in [4.69, 9.17) is 9.72 Å². The number of methoxy groups -OCH3 is 1. The Labute approximate surface area is 161 Å². The van der Waals surface area contributed by atoms with Crippen LogP contribution in [0.5, 0.6) is 5.75 Å². The first-order valence-corrected chi connectivity index (χ1v) is 8.76. The number of hydrogen-bond donors (Lipinski definition) is 1. The van der Waals surface area contributed by atoms with Crippen molar-refractivity contribution in [3.63, 3.8) is 0 Å². The Morgan fingerprint density at radius 1 is 1.07 bits per heavy atom. The van der Waals surface area contributed by atoms with Crippen molar-refractivity contribution in [3.8, 4) is 17.0 Å². The van der Waals surface area contributed by atoms with Crippen molar-refractivity contribution in [2.45, 2.75) is 6.92 Å². The van der Waals surface area contributed by atoms with Crippen molar-refractivity contribution in [2.24, 2.45) is 0 Å². The number of carbonyl (C=O) groups excluding carboxylic acids is 1. The Morgan fingerprint density at radius 2 is 1.82 bits per heavy atom. The summed E-state index contributed by atoms with van der Waals surface area (Å²) < 4.78 is 20.5. The number of ether oxygens (including phenoxy) is 1. The van der Waals surface area contributed by atoms with Gasteiger partial charge in [0.15, 0.2) is 0 Å². The summed E-state index contributed by atoms with van der Waals surface area (Å²) in [5.74, 6) is 0.438. The molecular weight excluding hydrogens is 357 g/mol. The van der Waals surface area contributed by atoms with Crippen LogP contribution in [0, 0.1) is 12.7 Å². The van der Waals surface area contributed by atoms with Gasteiger partial charge in [0.05, 0.1) is 7.11 Å². The summed E-state index contributed by atoms with van der Waals surface area (Å²) in [6, 6.07) is 16.8. The number of imidazole rings is 1. The molecule has 0 radical (unpaired) electrons. The van der Waals surface area contributed by atoms with Gasteiger partial charge in [0, 0.05) is 17.3 Å². The topological polar surface area (TPSA) is 55.6 Å². The van der Waals surface area contributed by atoms with Gasteiger partial charge in [-0.15, -0.1) is 0 Å². The van der Waals surface area contributed by atoms with Crippen molar-refractivity contribution in [3.05, 3.63) is 83.8 Å². The van der Waals surface area contributed by atoms with E-state index in [9.17, 15) is 9.18 Å². The minimum absolute atomic E-state index is 0.348. The molecule has 2 aromatic heterocycles. The number of nitrogens with one attached hydrogen (secondary N) is 1. The van der Waals surface area contributed by atoms with Gasteiger partial charge in [0.25, 0.3) is 5.91 Å². The number of amides is 1. The van der Waals surface area contributed by atoms with Crippen LogP contribution in [-0.4, -0.2) is 22.4 Å². The molecule has 1 amide bonds. The number of carbonyl (C=O) groups is 1. The minimum atomic E-state index is -0.392. The molecule has 1 N–H and O–H groups in total. The van der Waals surface area contributed by atoms with Crippen LogP contribution in [0.4, 0.5) is 10.2 Å². The predicted octanol–water partition coefficient (Wildman–Crippen LogP) is 4.71. The lowest BCUT2D eigenvalue weighted by Crippen LogP contribution is -2.14. The van der Waals surface area contributed by atoms with Crippen LogP contribution in [0.15, 0.2) is 66.9 Å². The summed E-state index contributed by atoms with van der Waals surface area (Å²) in [5.41, 5.74) is 3.43. The highest BCUT2D eigenvalue weighted by molar-refractivity contribution is 6.06. The largest absolute Gasteiger partial charge is 0.496 e. The molecule has 0 aliphatic heterocycles. The minimum Gasteiger partial charge on any atom is -0.496 e. The molecule has 0 atom stereocenters. The Bertz CT molecular complexity index is 1170. The van der Waals surface area contributed by atoms with Crippen LogP contribution in [0.3, 0.4) is 0 Å². The maximum atomic E-state index is 13.2. The highest BCUT2D eigenvalue weighted by Gasteiger charge is 2.20. The lowest BCUT2D eigenvalue weighted by Gasteiger charge is -2.10. The zero-order chi connectivity index (χ0) is 19.7. The Balaban J connectivity index is 1.86. The van der Waals surface area contributed by atoms with E-state index in [1.54, 1.807) is 7.11 Å². The Hall–Kier alpha value is -3.67. The fourth-order valence-corrected chi connectivity index (χ4v) is 3.08. The summed E-state index contributed by atoms with van der Waals surface area (Å²) in [5, 5.41) is 2.93. The molecule has 4 aromatic rings. The van der Waals surface area contributed by atoms with Gasteiger partial charge in [-0.1, -0.05) is 18.2 Å². The molecule has 0 bridgehead atoms. The molecule has 2 heterocycles. The maximum absolute atomic E-state index is 13.2. The number of para-hydroxylation sites is 1. The van der Waals surface area contributed by atoms with E-state index in [1.807, 2.05) is 53.9 Å². The number of halogens is 1. The molecule has 4 rings (SSSR count). The molecule has 0 aliphatic rings. The lowest BCUT2D eigenvalue weighted by molar-refractivity contribution is 0.102. The monoisotopic (exact) mass is 375 g/mol. The molecule has 2 aromatic carbocycles. The molecule has 0 saturated carbocycles. The van der Waals surface area contributed by atoms with E-state index in [0.29, 0.717) is 28.5 Å². The highest BCUT2D eigenvalue weighted by atomic mass is 19.1. The van der Waals surface area contributed by atoms with Crippen LogP contribution in [0.1, 0.15) is 15.9 Å². The van der Waals surface area contributed by atoms with Crippen molar-refractivity contribution in [1.82, 2.24) is 9.38 Å². The fourth-order valence-electron chi connectivity index (χ4n) is 3.08. The standard InChI is InChI=1S/C22H18FN3O2/c1-14-7-12-19-24-20(17-5-3-4-6-18(17)28-2)21(26(19)13-14)25-22(27)15-8-10-16(23)11-9-15/h3-13H,1-2H3,(H,25,27). The van der Waals surface area contributed by atoms with Gasteiger partial charge in [-0.25, -0.2) is 9.37 Å². The number of fused-ring (bicyclic) bond motifs is 1. The number of anilines is 1. The molecule has 0 unspecified atom stereocenters. The number of nitrogens with zero attached hydrogens (tertiary/aromatic N) is 2. The average molecular weight is 375 g/mol. The number of aryl methyl sites for hydroxylation is 1. The first kappa shape index (κ1) is 17.7. The van der Waals surface area contributed by atoms with E-state index in [0.717, 1.165) is 11.1 Å². The number of aromatic nitrogens is 2. The van der Waals surface area contributed by atoms with Crippen LogP contribution in [0.2, 0.25) is 0 Å². The van der Waals surface area contributed by atoms with E-state index >= 15 is 0 Å². The predicted molar refractivity (Wildman–Crippen MR) is 106 cm³/mol. The molecule has 28 heavy (non-hydrogen) atoms. The van der Waals surface area contributed by atoms with Crippen molar-refractivity contribution in [2.75, 3.05) is 12.4 Å². The van der Waals surface area contributed by atoms with Gasteiger partial charge in [0.2, 0.25) is 0 Å². The molecule has 6 heteroatoms. The maximum Gasteiger partial charge on any atom is 0.256 e. The second kappa shape index (κ2) is 7.15. The summed E-state index contributed by atoms with van der Waals surface area (Å²) in [7, 11) is 1.59. The summed E-state index contributed by atoms with van der Waals surface area (Å²) in [4.78, 5) is 17.5. The molecule has 0 spiro atoms. The van der Waals surface area contributed by atoms with E-state index < -0.39 is 5.82 Å². The average Bonchev–Trinajstić information content (AvgIpc) is 3.05. The first-order chi connectivity index (χ1) is 13.6. The van der Waals surface area contributed by atoms with Gasteiger partial charge < -0.3 is 10.1 Å². The molecule has 0 saturated heterocycles. The van der Waals surface area contributed by atoms with Crippen molar-refractivity contribution < 1.29 is 13.9 Å². The third kappa shape index (κ3) is 3.20. The van der Waals surface area contributed by atoms with Crippen molar-refractivity contribution in [1.29, 1.82) is 0 Å². The third-order valence-corrected chi connectivity index (χ3v) is 4.47. The zero-order valence-electron chi connectivity index (χ0n) is 15.4. The molecular formula is C22H18FN3O2. The number of benzene rings is 2. The lowest BCUT2D eigenvalue weighted by atomic mass is 10.1. The van der Waals surface area contributed by atoms with Crippen LogP contribution in [-0.2, 0) is 0 Å². The smallest absolute Gasteiger partial charge is 0.256 e. The highest BCUT2D eigenvalue weighted by Crippen LogP contribution is 2.35. The van der Waals surface area contributed by atoms with E-state index in [2.05, 4.69) is 5.32 Å². The van der Waals surface area contributed by atoms with Gasteiger partial charge in [-0.05, 0) is 55.0 Å². The Kier molecular flexibility index (Phi) is 4.53. The van der Waals surface area contributed by atoms with Gasteiger partial charge in [0.1, 0.15) is 28.7 Å². The number of rotatable bonds is 4. The number of pyridine rings is 1. The van der Waals surface area contributed by atoms with Crippen molar-refractivity contribution >= 4 is 17.4 Å². The summed E-state index contributed by atoms with van der Waals surface area (Å²) in [6.45, 7) is 1.97. The quantitative estimate of drug-likeness (QED) is 0.562. The van der Waals surface area contributed by atoms with E-state index in [1.165, 1.54) is 24.3 Å². The molecule has 5 nitrogen and oxygen atoms in total. The second-order valence-corrected chi connectivity index (χ2v) is 6.40. The van der Waals surface area contributed by atoms with Crippen LogP contribution >= 0.6 is 0 Å². The molecule has 0 fully saturated rings. The van der Waals surface area contributed by atoms with E-state index in [-0.39, 0.29) is 5.91 Å². The van der Waals surface area contributed by atoms with Crippen LogP contribution < -0.4 is 10.1 Å². The SMILES string of the molecule is COc1ccccc1-c1nc2ccc(C)cn2c1NC(=O)c1ccc(F)cc1. The fraction of sp³-hybridized carbons (Fsp3) is 0.0909. The summed E-state index contributed by atoms with van der Waals surface area (Å²) in [6.07, 6.45) is 1.90. The Morgan fingerprint density at radius 3 is 2.57 bits per heavy atom. The van der Waals surface area contributed by atoms with Gasteiger partial charge >= 0.3 is 0 Å². The molecule has 140 valence electrons. The van der Waals surface area contributed by atoms with Crippen LogP contribution in [0.25, 0.3) is 16.9 Å². The summed E-state index contributed by atoms with van der Waals surface area (Å²) >= 11 is 0. The zero-order valence-corrected chi connectivity index (χ0v) is 15.4. The number of hydrogen-bond acceptors (Lipinski definition) is 3. The van der Waals surface area contributed by atoms with Gasteiger partial charge in [-0.3, -0.25) is 9.20 Å². The second-order valence-electron chi connectivity index (χ2n) is 6.40. The first-order valence-electron chi connectivity index (χ1n) is 8.76. The normalized spacial score (nSPS) is 10.8. The molecule has 0 aliphatic carbocycles. The van der Waals surface area contributed by atoms with Gasteiger partial charge in [-0.2, -0.15) is 0 Å².